The molecule has 1 aliphatic carbocycles. The highest BCUT2D eigenvalue weighted by Gasteiger charge is 2.51. The Morgan fingerprint density at radius 3 is 2.45 bits per heavy atom. The molecule has 3 N–H and O–H groups in total. The lowest BCUT2D eigenvalue weighted by Crippen LogP contribution is -2.58. The maximum Gasteiger partial charge on any atom is 0.233 e. The van der Waals surface area contributed by atoms with Gasteiger partial charge in [-0.3, -0.25) is 4.79 Å². The highest BCUT2D eigenvalue weighted by Crippen LogP contribution is 2.46. The molecule has 4 nitrogen and oxygen atoms in total. The molecule has 0 aromatic heterocycles. The van der Waals surface area contributed by atoms with Crippen molar-refractivity contribution < 1.29 is 4.79 Å². The Bertz CT molecular complexity index is 371. The molecule has 5 heteroatoms. The first kappa shape index (κ1) is 15.7. The number of nitrogens with one attached hydrogen (secondary N) is 1. The third-order valence-electron chi connectivity index (χ3n) is 4.76. The van der Waals surface area contributed by atoms with Crippen LogP contribution in [0.15, 0.2) is 0 Å². The van der Waals surface area contributed by atoms with Gasteiger partial charge in [0.05, 0.1) is 10.4 Å². The van der Waals surface area contributed by atoms with Gasteiger partial charge in [-0.25, -0.2) is 0 Å². The predicted molar refractivity (Wildman–Crippen MR) is 85.5 cm³/mol. The first-order chi connectivity index (χ1) is 9.48. The van der Waals surface area contributed by atoms with E-state index in [1.807, 2.05) is 0 Å². The summed E-state index contributed by atoms with van der Waals surface area (Å²) in [5.41, 5.74) is 5.26. The van der Waals surface area contributed by atoms with Gasteiger partial charge in [-0.1, -0.05) is 26.1 Å². The van der Waals surface area contributed by atoms with Gasteiger partial charge in [0.2, 0.25) is 5.91 Å². The normalized spacial score (nSPS) is 31.6. The molecule has 20 heavy (non-hydrogen) atoms. The smallest absolute Gasteiger partial charge is 0.233 e. The fourth-order valence-electron chi connectivity index (χ4n) is 3.57. The van der Waals surface area contributed by atoms with Gasteiger partial charge >= 0.3 is 0 Å². The lowest BCUT2D eigenvalue weighted by Gasteiger charge is -2.45. The van der Waals surface area contributed by atoms with Crippen LogP contribution in [0.25, 0.3) is 0 Å². The summed E-state index contributed by atoms with van der Waals surface area (Å²) in [6.45, 7) is 7.67. The highest BCUT2D eigenvalue weighted by atomic mass is 32.1. The Morgan fingerprint density at radius 2 is 2.00 bits per heavy atom. The van der Waals surface area contributed by atoms with Crippen LogP contribution in [0.2, 0.25) is 0 Å². The summed E-state index contributed by atoms with van der Waals surface area (Å²) in [4.78, 5) is 15.4. The Kier molecular flexibility index (Phi) is 5.02. The van der Waals surface area contributed by atoms with E-state index in [1.54, 1.807) is 0 Å². The predicted octanol–water partition coefficient (Wildman–Crippen LogP) is 1.68. The first-order valence-electron chi connectivity index (χ1n) is 7.81. The standard InChI is InChI=1S/C15H27N3OS/c1-3-6-18-7-4-12(5-8-18)17-14(19)15(13(16)20)9-11(2)10-15/h11-12H,3-10H2,1-2H3,(H2,16,20)(H,17,19). The van der Waals surface area contributed by atoms with E-state index in [2.05, 4.69) is 24.1 Å². The van der Waals surface area contributed by atoms with Crippen LogP contribution >= 0.6 is 12.2 Å². The number of hydrogen-bond donors (Lipinski definition) is 2. The molecule has 1 heterocycles. The molecule has 0 atom stereocenters. The van der Waals surface area contributed by atoms with Crippen molar-refractivity contribution in [3.8, 4) is 0 Å². The largest absolute Gasteiger partial charge is 0.392 e. The number of rotatable bonds is 5. The SMILES string of the molecule is CCCN1CCC(NC(=O)C2(C(N)=S)CC(C)C2)CC1. The molecule has 1 aliphatic heterocycles. The van der Waals surface area contributed by atoms with E-state index in [9.17, 15) is 4.79 Å². The summed E-state index contributed by atoms with van der Waals surface area (Å²) in [5.74, 6) is 0.616. The maximum absolute atomic E-state index is 12.5. The zero-order chi connectivity index (χ0) is 14.8. The van der Waals surface area contributed by atoms with Crippen molar-refractivity contribution in [3.05, 3.63) is 0 Å². The van der Waals surface area contributed by atoms with E-state index in [0.717, 1.165) is 45.3 Å². The molecule has 2 fully saturated rings. The van der Waals surface area contributed by atoms with E-state index < -0.39 is 5.41 Å². The van der Waals surface area contributed by atoms with Crippen LogP contribution in [-0.4, -0.2) is 41.5 Å². The van der Waals surface area contributed by atoms with Crippen LogP contribution in [0.4, 0.5) is 0 Å². The summed E-state index contributed by atoms with van der Waals surface area (Å²) in [6.07, 6.45) is 4.88. The maximum atomic E-state index is 12.5. The number of piperidine rings is 1. The summed E-state index contributed by atoms with van der Waals surface area (Å²) in [7, 11) is 0. The molecular weight excluding hydrogens is 270 g/mol. The molecule has 1 amide bonds. The summed E-state index contributed by atoms with van der Waals surface area (Å²) < 4.78 is 0. The minimum absolute atomic E-state index is 0.0667. The van der Waals surface area contributed by atoms with Gasteiger partial charge in [0, 0.05) is 19.1 Å². The van der Waals surface area contributed by atoms with E-state index in [1.165, 1.54) is 6.42 Å². The van der Waals surface area contributed by atoms with Crippen molar-refractivity contribution >= 4 is 23.1 Å². The zero-order valence-electron chi connectivity index (χ0n) is 12.7. The summed E-state index contributed by atoms with van der Waals surface area (Å²) in [6, 6.07) is 0.290. The molecular formula is C15H27N3OS. The van der Waals surface area contributed by atoms with Crippen molar-refractivity contribution in [3.63, 3.8) is 0 Å². The molecule has 2 rings (SSSR count). The fourth-order valence-corrected chi connectivity index (χ4v) is 3.83. The van der Waals surface area contributed by atoms with Crippen LogP contribution in [0.1, 0.15) is 46.0 Å². The van der Waals surface area contributed by atoms with E-state index in [0.29, 0.717) is 10.9 Å². The van der Waals surface area contributed by atoms with Crippen molar-refractivity contribution in [1.82, 2.24) is 10.2 Å². The van der Waals surface area contributed by atoms with E-state index in [4.69, 9.17) is 18.0 Å². The van der Waals surface area contributed by atoms with Crippen LogP contribution in [0.3, 0.4) is 0 Å². The Morgan fingerprint density at radius 1 is 1.40 bits per heavy atom. The van der Waals surface area contributed by atoms with Crippen LogP contribution in [0.5, 0.6) is 0 Å². The van der Waals surface area contributed by atoms with E-state index >= 15 is 0 Å². The number of nitrogens with zero attached hydrogens (tertiary/aromatic N) is 1. The lowest BCUT2D eigenvalue weighted by atomic mass is 9.62. The van der Waals surface area contributed by atoms with Crippen LogP contribution in [-0.2, 0) is 4.79 Å². The topological polar surface area (TPSA) is 58.4 Å². The second-order valence-electron chi connectivity index (χ2n) is 6.55. The average molecular weight is 297 g/mol. The number of nitrogens with two attached hydrogens (primary N) is 1. The number of carbonyl (C=O) groups is 1. The second kappa shape index (κ2) is 6.39. The summed E-state index contributed by atoms with van der Waals surface area (Å²) in [5, 5.41) is 3.19. The van der Waals surface area contributed by atoms with Gasteiger partial charge in [0.15, 0.2) is 0 Å². The molecule has 0 aromatic rings. The summed E-state index contributed by atoms with van der Waals surface area (Å²) >= 11 is 5.14. The molecule has 0 bridgehead atoms. The lowest BCUT2D eigenvalue weighted by molar-refractivity contribution is -0.134. The van der Waals surface area contributed by atoms with E-state index in [-0.39, 0.29) is 11.9 Å². The van der Waals surface area contributed by atoms with Gasteiger partial charge in [0.25, 0.3) is 0 Å². The molecule has 1 saturated heterocycles. The van der Waals surface area contributed by atoms with Crippen molar-refractivity contribution in [2.75, 3.05) is 19.6 Å². The van der Waals surface area contributed by atoms with Gasteiger partial charge in [0.1, 0.15) is 0 Å². The minimum atomic E-state index is -0.560. The second-order valence-corrected chi connectivity index (χ2v) is 6.99. The number of carbonyl (C=O) groups excluding carboxylic acids is 1. The third-order valence-corrected chi connectivity index (χ3v) is 5.15. The molecule has 0 radical (unpaired) electrons. The van der Waals surface area contributed by atoms with Gasteiger partial charge < -0.3 is 16.0 Å². The number of hydrogen-bond acceptors (Lipinski definition) is 3. The van der Waals surface area contributed by atoms with Crippen LogP contribution < -0.4 is 11.1 Å². The number of thiocarbonyl (C=S) groups is 1. The molecule has 114 valence electrons. The third kappa shape index (κ3) is 3.14. The van der Waals surface area contributed by atoms with Crippen molar-refractivity contribution in [1.29, 1.82) is 0 Å². The highest BCUT2D eigenvalue weighted by molar-refractivity contribution is 7.80. The molecule has 0 unspecified atom stereocenters. The Hall–Kier alpha value is -0.680. The molecule has 0 spiro atoms. The zero-order valence-corrected chi connectivity index (χ0v) is 13.5. The van der Waals surface area contributed by atoms with Crippen LogP contribution in [0, 0.1) is 11.3 Å². The Balaban J connectivity index is 1.85. The Labute approximate surface area is 127 Å². The van der Waals surface area contributed by atoms with Crippen molar-refractivity contribution in [2.24, 2.45) is 17.1 Å². The number of amides is 1. The molecule has 1 saturated carbocycles. The first-order valence-corrected chi connectivity index (χ1v) is 8.22. The average Bonchev–Trinajstić information content (AvgIpc) is 2.37. The van der Waals surface area contributed by atoms with Gasteiger partial charge in [-0.2, -0.15) is 0 Å². The fraction of sp³-hybridized carbons (Fsp3) is 0.867. The van der Waals surface area contributed by atoms with Gasteiger partial charge in [-0.05, 0) is 44.6 Å². The van der Waals surface area contributed by atoms with Gasteiger partial charge in [-0.15, -0.1) is 0 Å². The minimum Gasteiger partial charge on any atom is -0.392 e. The monoisotopic (exact) mass is 297 g/mol. The molecule has 0 aromatic carbocycles. The van der Waals surface area contributed by atoms with Crippen molar-refractivity contribution in [2.45, 2.75) is 52.0 Å². The quantitative estimate of drug-likeness (QED) is 0.758. The molecule has 2 aliphatic rings. The number of likely N-dealkylation sites (tertiary alicyclic amines) is 1.